The van der Waals surface area contributed by atoms with E-state index in [9.17, 15) is 14.9 Å². The normalized spacial score (nSPS) is 22.2. The van der Waals surface area contributed by atoms with Crippen LogP contribution in [0.25, 0.3) is 0 Å². The lowest BCUT2D eigenvalue weighted by Crippen LogP contribution is -2.68. The second-order valence-electron chi connectivity index (χ2n) is 17.4. The molecule has 0 saturated carbocycles. The zero-order chi connectivity index (χ0) is 41.8. The smallest absolute Gasteiger partial charge is 0.308 e. The predicted molar refractivity (Wildman–Crippen MR) is 219 cm³/mol. The fourth-order valence-electron chi connectivity index (χ4n) is 9.13. The number of methoxy groups -OCH3 is 2. The van der Waals surface area contributed by atoms with Crippen molar-refractivity contribution in [3.63, 3.8) is 0 Å². The lowest BCUT2D eigenvalue weighted by atomic mass is 9.71. The molecule has 1 amide bonds. The summed E-state index contributed by atoms with van der Waals surface area (Å²) in [6.45, 7) is 16.4. The number of benzene rings is 3. The Bertz CT molecular complexity index is 2140. The first-order chi connectivity index (χ1) is 27.5. The van der Waals surface area contributed by atoms with Crippen LogP contribution < -0.4 is 33.4 Å². The van der Waals surface area contributed by atoms with Crippen LogP contribution in [-0.4, -0.2) is 89.5 Å². The molecule has 1 saturated heterocycles. The Kier molecular flexibility index (Phi) is 11.2. The number of nitriles is 1. The van der Waals surface area contributed by atoms with Gasteiger partial charge in [-0.3, -0.25) is 19.4 Å². The first-order valence-corrected chi connectivity index (χ1v) is 22.8. The highest BCUT2D eigenvalue weighted by molar-refractivity contribution is 6.74. The average Bonchev–Trinajstić information content (AvgIpc) is 3.65. The van der Waals surface area contributed by atoms with E-state index in [4.69, 9.17) is 32.8 Å². The second kappa shape index (κ2) is 15.7. The van der Waals surface area contributed by atoms with Crippen molar-refractivity contribution in [1.29, 1.82) is 5.26 Å². The number of esters is 1. The van der Waals surface area contributed by atoms with Crippen molar-refractivity contribution in [3.05, 3.63) is 69.3 Å². The van der Waals surface area contributed by atoms with E-state index in [1.165, 1.54) is 6.92 Å². The van der Waals surface area contributed by atoms with Crippen LogP contribution in [0.1, 0.15) is 78.7 Å². The molecule has 3 aromatic rings. The van der Waals surface area contributed by atoms with Crippen molar-refractivity contribution in [2.75, 3.05) is 41.4 Å². The van der Waals surface area contributed by atoms with Crippen LogP contribution in [-0.2, 0) is 33.6 Å². The van der Waals surface area contributed by atoms with E-state index in [-0.39, 0.29) is 55.6 Å². The van der Waals surface area contributed by atoms with E-state index in [0.717, 1.165) is 39.1 Å². The standard InChI is InChI=1S/C44H56N4O9Si/c1-24-16-28-18-31-33(20-45)48-32(38(47(31)7)36(28)42(39(24)52-9)53-22-51-8)19-30-37(43-41(54-23-55-43)25(2)40(30)56-26(3)49)34(48)21-46-35(50)17-27-12-14-29(15-13-27)57-58(10,11)44(4,5)6/h12-16,31-34,38H,17-19,21-23H2,1-11H3,(H,46,50)/t31?,32?,33?,34-,38?/m0/s1. The molecule has 4 heterocycles. The third kappa shape index (κ3) is 7.16. The van der Waals surface area contributed by atoms with E-state index < -0.39 is 26.4 Å². The number of piperazine rings is 1. The number of hydrogen-bond acceptors (Lipinski definition) is 12. The molecular formula is C44H56N4O9Si. The molecular weight excluding hydrogens is 757 g/mol. The maximum Gasteiger partial charge on any atom is 0.308 e. The number of ether oxygens (including phenoxy) is 6. The Morgan fingerprint density at radius 1 is 1.00 bits per heavy atom. The molecule has 5 atom stereocenters. The van der Waals surface area contributed by atoms with E-state index in [1.807, 2.05) is 38.1 Å². The molecule has 13 nitrogen and oxygen atoms in total. The largest absolute Gasteiger partial charge is 0.544 e. The van der Waals surface area contributed by atoms with Crippen LogP contribution in [0.15, 0.2) is 30.3 Å². The van der Waals surface area contributed by atoms with E-state index in [0.29, 0.717) is 47.2 Å². The van der Waals surface area contributed by atoms with Gasteiger partial charge in [0, 0.05) is 54.9 Å². The lowest BCUT2D eigenvalue weighted by molar-refractivity contribution is -0.132. The van der Waals surface area contributed by atoms with Gasteiger partial charge < -0.3 is 38.2 Å². The van der Waals surface area contributed by atoms with E-state index >= 15 is 0 Å². The van der Waals surface area contributed by atoms with Crippen molar-refractivity contribution in [2.45, 2.75) is 109 Å². The Morgan fingerprint density at radius 2 is 1.71 bits per heavy atom. The van der Waals surface area contributed by atoms with Crippen LogP contribution in [0.4, 0.5) is 0 Å². The molecule has 1 N–H and O–H groups in total. The molecule has 0 aliphatic carbocycles. The van der Waals surface area contributed by atoms with Crippen LogP contribution in [0.3, 0.4) is 0 Å². The minimum absolute atomic E-state index is 0.00777. The molecule has 310 valence electrons. The lowest BCUT2D eigenvalue weighted by Gasteiger charge is -2.60. The number of rotatable bonds is 11. The summed E-state index contributed by atoms with van der Waals surface area (Å²) >= 11 is 0. The number of fused-ring (bicyclic) bond motifs is 9. The fourth-order valence-corrected chi connectivity index (χ4v) is 10.2. The maximum atomic E-state index is 13.9. The topological polar surface area (TPSA) is 141 Å². The van der Waals surface area contributed by atoms with E-state index in [1.54, 1.807) is 14.2 Å². The number of aryl methyl sites for hydroxylation is 1. The summed E-state index contributed by atoms with van der Waals surface area (Å²) in [5, 5.41) is 14.4. The summed E-state index contributed by atoms with van der Waals surface area (Å²) in [6.07, 6.45) is 1.14. The third-order valence-corrected chi connectivity index (χ3v) is 17.1. The highest BCUT2D eigenvalue weighted by atomic mass is 28.4. The molecule has 4 unspecified atom stereocenters. The van der Waals surface area contributed by atoms with Crippen molar-refractivity contribution in [2.24, 2.45) is 0 Å². The van der Waals surface area contributed by atoms with Gasteiger partial charge in [-0.25, -0.2) is 0 Å². The van der Waals surface area contributed by atoms with Gasteiger partial charge in [-0.1, -0.05) is 39.0 Å². The Balaban J connectivity index is 1.30. The molecule has 58 heavy (non-hydrogen) atoms. The molecule has 4 aliphatic rings. The van der Waals surface area contributed by atoms with Crippen molar-refractivity contribution in [1.82, 2.24) is 15.1 Å². The zero-order valence-corrected chi connectivity index (χ0v) is 36.5. The van der Waals surface area contributed by atoms with Crippen molar-refractivity contribution >= 4 is 20.2 Å². The minimum Gasteiger partial charge on any atom is -0.544 e. The van der Waals surface area contributed by atoms with Gasteiger partial charge in [-0.05, 0) is 80.7 Å². The van der Waals surface area contributed by atoms with Gasteiger partial charge in [0.2, 0.25) is 21.0 Å². The predicted octanol–water partition coefficient (Wildman–Crippen LogP) is 6.46. The quantitative estimate of drug-likeness (QED) is 0.0983. The average molecular weight is 813 g/mol. The summed E-state index contributed by atoms with van der Waals surface area (Å²) in [5.74, 6) is 2.82. The molecule has 2 bridgehead atoms. The number of nitrogens with zero attached hydrogens (tertiary/aromatic N) is 3. The summed E-state index contributed by atoms with van der Waals surface area (Å²) in [6, 6.07) is 10.6. The van der Waals surface area contributed by atoms with Crippen molar-refractivity contribution < 1.29 is 42.4 Å². The fraction of sp³-hybridized carbons (Fsp3) is 0.523. The molecule has 1 fully saturated rings. The Morgan fingerprint density at radius 3 is 2.34 bits per heavy atom. The van der Waals surface area contributed by atoms with Crippen LogP contribution in [0.5, 0.6) is 34.5 Å². The molecule has 7 rings (SSSR count). The first kappa shape index (κ1) is 41.4. The van der Waals surface area contributed by atoms with Gasteiger partial charge in [0.05, 0.1) is 31.7 Å². The van der Waals surface area contributed by atoms with Gasteiger partial charge in [0.25, 0.3) is 0 Å². The van der Waals surface area contributed by atoms with Crippen molar-refractivity contribution in [3.8, 4) is 40.6 Å². The number of amides is 1. The highest BCUT2D eigenvalue weighted by Gasteiger charge is 2.57. The van der Waals surface area contributed by atoms with Gasteiger partial charge in [0.1, 0.15) is 17.5 Å². The highest BCUT2D eigenvalue weighted by Crippen LogP contribution is 2.58. The Hall–Kier alpha value is -4.81. The van der Waals surface area contributed by atoms with Crippen LogP contribution in [0, 0.1) is 25.2 Å². The SMILES string of the molecule is COCOc1c(OC)c(C)cc2c1C1C3Cc4c(OC(C)=O)c(C)c5c(c4[C@H](CNC(=O)Cc4ccc(O[Si](C)(C)C(C)(C)C)cc4)N3C(C#N)C(C2)N1C)OCO5. The Labute approximate surface area is 342 Å². The number of carbonyl (C=O) groups is 2. The van der Waals surface area contributed by atoms with E-state index in [2.05, 4.69) is 68.2 Å². The van der Waals surface area contributed by atoms with Crippen LogP contribution in [0.2, 0.25) is 18.1 Å². The zero-order valence-electron chi connectivity index (χ0n) is 35.5. The summed E-state index contributed by atoms with van der Waals surface area (Å²) < 4.78 is 42.4. The first-order valence-electron chi connectivity index (χ1n) is 19.9. The van der Waals surface area contributed by atoms with Gasteiger partial charge in [0.15, 0.2) is 29.8 Å². The molecule has 0 aromatic heterocycles. The molecule has 4 aliphatic heterocycles. The summed E-state index contributed by atoms with van der Waals surface area (Å²) in [5.41, 5.74) is 6.00. The second-order valence-corrected chi connectivity index (χ2v) is 22.1. The molecule has 3 aromatic carbocycles. The molecule has 0 spiro atoms. The number of carbonyl (C=O) groups excluding carboxylic acids is 2. The maximum absolute atomic E-state index is 13.9. The minimum atomic E-state index is -2.03. The van der Waals surface area contributed by atoms with Gasteiger partial charge in [-0.2, -0.15) is 5.26 Å². The molecule has 0 radical (unpaired) electrons. The third-order valence-electron chi connectivity index (χ3n) is 12.8. The van der Waals surface area contributed by atoms with Gasteiger partial charge in [-0.15, -0.1) is 0 Å². The number of hydrogen-bond donors (Lipinski definition) is 1. The number of likely N-dealkylation sites (N-methyl/N-ethyl adjacent to an activating group) is 1. The summed E-state index contributed by atoms with van der Waals surface area (Å²) in [4.78, 5) is 31.1. The van der Waals surface area contributed by atoms with Gasteiger partial charge >= 0.3 is 5.97 Å². The monoisotopic (exact) mass is 812 g/mol. The number of nitrogens with one attached hydrogen (secondary N) is 1. The molecule has 14 heteroatoms. The van der Waals surface area contributed by atoms with Crippen LogP contribution >= 0.6 is 0 Å². The summed E-state index contributed by atoms with van der Waals surface area (Å²) in [7, 11) is 3.24.